The first kappa shape index (κ1) is 9.43. The van der Waals surface area contributed by atoms with Gasteiger partial charge in [0.2, 0.25) is 0 Å². The quantitative estimate of drug-likeness (QED) is 0.837. The van der Waals surface area contributed by atoms with Crippen LogP contribution in [-0.2, 0) is 13.1 Å². The van der Waals surface area contributed by atoms with Gasteiger partial charge in [-0.15, -0.1) is 11.3 Å². The van der Waals surface area contributed by atoms with Crippen LogP contribution >= 0.6 is 11.3 Å². The van der Waals surface area contributed by atoms with Gasteiger partial charge in [-0.25, -0.2) is 0 Å². The third-order valence-corrected chi connectivity index (χ3v) is 3.16. The summed E-state index contributed by atoms with van der Waals surface area (Å²) in [7, 11) is 0. The van der Waals surface area contributed by atoms with Gasteiger partial charge in [0.25, 0.3) is 0 Å². The molecule has 2 aromatic rings. The van der Waals surface area contributed by atoms with E-state index in [0.717, 1.165) is 6.54 Å². The summed E-state index contributed by atoms with van der Waals surface area (Å²) in [6.07, 6.45) is 1.83. The van der Waals surface area contributed by atoms with E-state index < -0.39 is 0 Å². The van der Waals surface area contributed by atoms with Crippen molar-refractivity contribution >= 4 is 11.3 Å². The number of hydrogen-bond acceptors (Lipinski definition) is 3. The van der Waals surface area contributed by atoms with Gasteiger partial charge in [-0.05, 0) is 30.0 Å². The summed E-state index contributed by atoms with van der Waals surface area (Å²) in [5, 5.41) is 6.34. The van der Waals surface area contributed by atoms with Gasteiger partial charge in [-0.1, -0.05) is 0 Å². The Morgan fingerprint density at radius 2 is 2.43 bits per heavy atom. The molecule has 0 amide bonds. The standard InChI is InChI=1S/C10H13N3S/c1-2-13-9(3-4-12-13)10-5-8(6-11)7-14-10/h3-5,7H,2,6,11H2,1H3. The van der Waals surface area contributed by atoms with E-state index in [-0.39, 0.29) is 0 Å². The van der Waals surface area contributed by atoms with E-state index >= 15 is 0 Å². The highest BCUT2D eigenvalue weighted by molar-refractivity contribution is 7.13. The fourth-order valence-electron chi connectivity index (χ4n) is 1.41. The minimum atomic E-state index is 0.608. The number of nitrogens with zero attached hydrogens (tertiary/aromatic N) is 2. The minimum Gasteiger partial charge on any atom is -0.326 e. The SMILES string of the molecule is CCn1nccc1-c1cc(CN)cs1. The van der Waals surface area contributed by atoms with Crippen molar-refractivity contribution in [2.75, 3.05) is 0 Å². The molecule has 0 atom stereocenters. The molecule has 0 aliphatic carbocycles. The predicted molar refractivity (Wildman–Crippen MR) is 59.1 cm³/mol. The Labute approximate surface area is 87.2 Å². The molecule has 4 heteroatoms. The fraction of sp³-hybridized carbons (Fsp3) is 0.300. The zero-order valence-corrected chi connectivity index (χ0v) is 8.92. The maximum absolute atomic E-state index is 5.57. The van der Waals surface area contributed by atoms with E-state index in [0.29, 0.717) is 6.54 Å². The second-order valence-corrected chi connectivity index (χ2v) is 3.97. The second-order valence-electron chi connectivity index (χ2n) is 3.06. The number of thiophene rings is 1. The Kier molecular flexibility index (Phi) is 2.65. The fourth-order valence-corrected chi connectivity index (χ4v) is 2.37. The summed E-state index contributed by atoms with van der Waals surface area (Å²) < 4.78 is 1.99. The van der Waals surface area contributed by atoms with E-state index in [2.05, 4.69) is 23.5 Å². The lowest BCUT2D eigenvalue weighted by Gasteiger charge is -2.00. The number of rotatable bonds is 3. The van der Waals surface area contributed by atoms with Crippen LogP contribution in [0.1, 0.15) is 12.5 Å². The van der Waals surface area contributed by atoms with Crippen molar-refractivity contribution in [3.8, 4) is 10.6 Å². The normalized spacial score (nSPS) is 10.7. The van der Waals surface area contributed by atoms with Crippen LogP contribution in [0.4, 0.5) is 0 Å². The highest BCUT2D eigenvalue weighted by atomic mass is 32.1. The van der Waals surface area contributed by atoms with Crippen LogP contribution in [-0.4, -0.2) is 9.78 Å². The van der Waals surface area contributed by atoms with Crippen molar-refractivity contribution in [3.63, 3.8) is 0 Å². The van der Waals surface area contributed by atoms with Gasteiger partial charge < -0.3 is 5.73 Å². The molecule has 0 aliphatic rings. The Balaban J connectivity index is 2.38. The van der Waals surface area contributed by atoms with Gasteiger partial charge in [0.05, 0.1) is 10.6 Å². The molecule has 0 radical (unpaired) electrons. The summed E-state index contributed by atoms with van der Waals surface area (Å²) in [5.74, 6) is 0. The van der Waals surface area contributed by atoms with E-state index in [4.69, 9.17) is 5.73 Å². The molecule has 74 valence electrons. The molecule has 0 fully saturated rings. The Morgan fingerprint density at radius 1 is 1.57 bits per heavy atom. The lowest BCUT2D eigenvalue weighted by molar-refractivity contribution is 0.668. The van der Waals surface area contributed by atoms with E-state index in [1.807, 2.05) is 16.9 Å². The average molecular weight is 207 g/mol. The summed E-state index contributed by atoms with van der Waals surface area (Å²) in [5.41, 5.74) is 7.94. The van der Waals surface area contributed by atoms with Gasteiger partial charge in [-0.2, -0.15) is 5.10 Å². The van der Waals surface area contributed by atoms with Crippen molar-refractivity contribution in [3.05, 3.63) is 29.3 Å². The molecule has 3 nitrogen and oxygen atoms in total. The van der Waals surface area contributed by atoms with Gasteiger partial charge in [0.15, 0.2) is 0 Å². The lowest BCUT2D eigenvalue weighted by Crippen LogP contribution is -1.97. The molecule has 0 saturated heterocycles. The first-order valence-corrected chi connectivity index (χ1v) is 5.52. The average Bonchev–Trinajstić information content (AvgIpc) is 2.85. The third kappa shape index (κ3) is 1.58. The van der Waals surface area contributed by atoms with Crippen LogP contribution in [0.2, 0.25) is 0 Å². The van der Waals surface area contributed by atoms with Gasteiger partial charge in [0, 0.05) is 19.3 Å². The van der Waals surface area contributed by atoms with Crippen LogP contribution in [0.15, 0.2) is 23.7 Å². The molecule has 0 saturated carbocycles. The van der Waals surface area contributed by atoms with Crippen molar-refractivity contribution in [1.29, 1.82) is 0 Å². The van der Waals surface area contributed by atoms with Crippen molar-refractivity contribution in [2.24, 2.45) is 5.73 Å². The molecule has 0 aliphatic heterocycles. The molecule has 0 aromatic carbocycles. The topological polar surface area (TPSA) is 43.8 Å². The number of nitrogens with two attached hydrogens (primary N) is 1. The molecule has 2 aromatic heterocycles. The number of aryl methyl sites for hydroxylation is 1. The Hall–Kier alpha value is -1.13. The molecular weight excluding hydrogens is 194 g/mol. The Bertz CT molecular complexity index is 416. The molecule has 14 heavy (non-hydrogen) atoms. The van der Waals surface area contributed by atoms with Crippen LogP contribution < -0.4 is 5.73 Å². The monoisotopic (exact) mass is 207 g/mol. The van der Waals surface area contributed by atoms with Crippen LogP contribution in [0.25, 0.3) is 10.6 Å². The van der Waals surface area contributed by atoms with E-state index in [9.17, 15) is 0 Å². The smallest absolute Gasteiger partial charge is 0.0781 e. The minimum absolute atomic E-state index is 0.608. The van der Waals surface area contributed by atoms with Crippen molar-refractivity contribution in [2.45, 2.75) is 20.0 Å². The maximum atomic E-state index is 5.57. The van der Waals surface area contributed by atoms with Crippen LogP contribution in [0.3, 0.4) is 0 Å². The van der Waals surface area contributed by atoms with Gasteiger partial charge in [0.1, 0.15) is 0 Å². The largest absolute Gasteiger partial charge is 0.326 e. The zero-order valence-electron chi connectivity index (χ0n) is 8.10. The van der Waals surface area contributed by atoms with E-state index in [1.54, 1.807) is 11.3 Å². The maximum Gasteiger partial charge on any atom is 0.0781 e. The van der Waals surface area contributed by atoms with Gasteiger partial charge in [-0.3, -0.25) is 4.68 Å². The van der Waals surface area contributed by atoms with E-state index in [1.165, 1.54) is 16.1 Å². The number of aromatic nitrogens is 2. The van der Waals surface area contributed by atoms with Crippen molar-refractivity contribution in [1.82, 2.24) is 9.78 Å². The molecule has 2 heterocycles. The van der Waals surface area contributed by atoms with Crippen molar-refractivity contribution < 1.29 is 0 Å². The van der Waals surface area contributed by atoms with Crippen LogP contribution in [0, 0.1) is 0 Å². The summed E-state index contributed by atoms with van der Waals surface area (Å²) in [6, 6.07) is 4.17. The molecule has 0 unspecified atom stereocenters. The first-order chi connectivity index (χ1) is 6.85. The number of hydrogen-bond donors (Lipinski definition) is 1. The van der Waals surface area contributed by atoms with Crippen LogP contribution in [0.5, 0.6) is 0 Å². The highest BCUT2D eigenvalue weighted by Gasteiger charge is 2.06. The molecule has 2 N–H and O–H groups in total. The first-order valence-electron chi connectivity index (χ1n) is 4.64. The molecule has 0 bridgehead atoms. The third-order valence-electron chi connectivity index (χ3n) is 2.16. The molecule has 0 spiro atoms. The molecular formula is C10H13N3S. The Morgan fingerprint density at radius 3 is 3.07 bits per heavy atom. The summed E-state index contributed by atoms with van der Waals surface area (Å²) in [6.45, 7) is 3.60. The summed E-state index contributed by atoms with van der Waals surface area (Å²) in [4.78, 5) is 1.24. The van der Waals surface area contributed by atoms with Gasteiger partial charge >= 0.3 is 0 Å². The zero-order chi connectivity index (χ0) is 9.97. The lowest BCUT2D eigenvalue weighted by atomic mass is 10.3. The highest BCUT2D eigenvalue weighted by Crippen LogP contribution is 2.26. The predicted octanol–water partition coefficient (Wildman–Crippen LogP) is 2.09. The summed E-state index contributed by atoms with van der Waals surface area (Å²) >= 11 is 1.72. The second kappa shape index (κ2) is 3.94. The molecule has 2 rings (SSSR count).